The Labute approximate surface area is 115 Å². The highest BCUT2D eigenvalue weighted by Gasteiger charge is 2.26. The second-order valence-electron chi connectivity index (χ2n) is 4.82. The molecule has 1 aliphatic rings. The van der Waals surface area contributed by atoms with Crippen molar-refractivity contribution in [3.8, 4) is 0 Å². The van der Waals surface area contributed by atoms with Gasteiger partial charge in [0, 0.05) is 11.5 Å². The van der Waals surface area contributed by atoms with Gasteiger partial charge in [0.2, 0.25) is 0 Å². The van der Waals surface area contributed by atoms with Crippen LogP contribution in [0.2, 0.25) is 0 Å². The molecule has 0 unspecified atom stereocenters. The molecule has 2 rings (SSSR count). The number of rotatable bonds is 4. The lowest BCUT2D eigenvalue weighted by molar-refractivity contribution is -0.206. The van der Waals surface area contributed by atoms with E-state index >= 15 is 0 Å². The molecule has 0 saturated carbocycles. The second kappa shape index (κ2) is 6.28. The topological polar surface area (TPSA) is 55.8 Å². The van der Waals surface area contributed by atoms with Crippen molar-refractivity contribution in [1.29, 1.82) is 0 Å². The molecule has 0 amide bonds. The molecule has 0 spiro atoms. The Bertz CT molecular complexity index is 473. The summed E-state index contributed by atoms with van der Waals surface area (Å²) in [7, 11) is 0. The summed E-state index contributed by atoms with van der Waals surface area (Å²) in [5, 5.41) is 8.70. The predicted octanol–water partition coefficient (Wildman–Crippen LogP) is 3.12. The molecule has 20 heavy (non-hydrogen) atoms. The number of hydrogen-bond acceptors (Lipinski definition) is 3. The predicted molar refractivity (Wildman–Crippen MR) is 66.4 cm³/mol. The molecule has 1 fully saturated rings. The van der Waals surface area contributed by atoms with Crippen LogP contribution in [0.4, 0.5) is 8.78 Å². The summed E-state index contributed by atoms with van der Waals surface area (Å²) < 4.78 is 38.0. The quantitative estimate of drug-likeness (QED) is 0.924. The van der Waals surface area contributed by atoms with Crippen molar-refractivity contribution in [3.63, 3.8) is 0 Å². The van der Waals surface area contributed by atoms with E-state index in [2.05, 4.69) is 6.92 Å². The summed E-state index contributed by atoms with van der Waals surface area (Å²) in [6.07, 6.45) is 1.13. The third-order valence-corrected chi connectivity index (χ3v) is 3.21. The summed E-state index contributed by atoms with van der Waals surface area (Å²) in [5.74, 6) is -3.62. The van der Waals surface area contributed by atoms with Gasteiger partial charge in [-0.1, -0.05) is 13.3 Å². The highest BCUT2D eigenvalue weighted by atomic mass is 19.1. The number of aromatic carboxylic acids is 1. The Balaban J connectivity index is 2.13. The Morgan fingerprint density at radius 1 is 1.30 bits per heavy atom. The highest BCUT2D eigenvalue weighted by molar-refractivity contribution is 5.88. The zero-order valence-corrected chi connectivity index (χ0v) is 11.1. The lowest BCUT2D eigenvalue weighted by atomic mass is 10.0. The average molecular weight is 286 g/mol. The van der Waals surface area contributed by atoms with Gasteiger partial charge in [-0.25, -0.2) is 13.6 Å². The van der Waals surface area contributed by atoms with E-state index in [-0.39, 0.29) is 11.5 Å². The normalized spacial score (nSPS) is 22.8. The van der Waals surface area contributed by atoms with Crippen molar-refractivity contribution >= 4 is 5.97 Å². The Morgan fingerprint density at radius 2 is 1.85 bits per heavy atom. The van der Waals surface area contributed by atoms with E-state index in [1.807, 2.05) is 0 Å². The van der Waals surface area contributed by atoms with Crippen LogP contribution < -0.4 is 0 Å². The Morgan fingerprint density at radius 3 is 2.30 bits per heavy atom. The van der Waals surface area contributed by atoms with E-state index in [0.29, 0.717) is 13.2 Å². The fourth-order valence-electron chi connectivity index (χ4n) is 2.24. The number of carboxylic acids is 1. The van der Waals surface area contributed by atoms with Gasteiger partial charge in [-0.15, -0.1) is 0 Å². The first-order valence-electron chi connectivity index (χ1n) is 6.48. The van der Waals surface area contributed by atoms with Crippen molar-refractivity contribution in [2.45, 2.75) is 26.1 Å². The van der Waals surface area contributed by atoms with E-state index in [1.165, 1.54) is 0 Å². The SMILES string of the molecule is CCCC1COC(c2cc(F)c(C(=O)O)c(F)c2)OC1. The van der Waals surface area contributed by atoms with Crippen molar-refractivity contribution in [1.82, 2.24) is 0 Å². The molecule has 0 radical (unpaired) electrons. The number of ether oxygens (including phenoxy) is 2. The van der Waals surface area contributed by atoms with E-state index in [1.54, 1.807) is 0 Å². The molecule has 0 aromatic heterocycles. The molecule has 0 aliphatic carbocycles. The average Bonchev–Trinajstić information content (AvgIpc) is 2.38. The first-order valence-corrected chi connectivity index (χ1v) is 6.48. The molecular formula is C14H16F2O4. The Kier molecular flexibility index (Phi) is 4.67. The van der Waals surface area contributed by atoms with Crippen LogP contribution in [0.3, 0.4) is 0 Å². The first-order chi connectivity index (χ1) is 9.52. The maximum absolute atomic E-state index is 13.6. The maximum Gasteiger partial charge on any atom is 0.341 e. The van der Waals surface area contributed by atoms with Crippen LogP contribution in [-0.4, -0.2) is 24.3 Å². The first kappa shape index (κ1) is 14.9. The summed E-state index contributed by atoms with van der Waals surface area (Å²) in [4.78, 5) is 10.7. The Hall–Kier alpha value is -1.53. The molecule has 110 valence electrons. The van der Waals surface area contributed by atoms with Gasteiger partial charge in [0.1, 0.15) is 17.2 Å². The minimum atomic E-state index is -1.64. The van der Waals surface area contributed by atoms with Gasteiger partial charge in [0.15, 0.2) is 6.29 Å². The summed E-state index contributed by atoms with van der Waals surface area (Å²) in [6.45, 7) is 2.98. The molecular weight excluding hydrogens is 270 g/mol. The maximum atomic E-state index is 13.6. The van der Waals surface area contributed by atoms with Crippen molar-refractivity contribution in [3.05, 3.63) is 34.9 Å². The summed E-state index contributed by atoms with van der Waals surface area (Å²) in [5.41, 5.74) is -0.812. The smallest absolute Gasteiger partial charge is 0.341 e. The van der Waals surface area contributed by atoms with Gasteiger partial charge in [0.05, 0.1) is 13.2 Å². The van der Waals surface area contributed by atoms with Crippen LogP contribution in [0.25, 0.3) is 0 Å². The fraction of sp³-hybridized carbons (Fsp3) is 0.500. The molecule has 1 heterocycles. The molecule has 0 atom stereocenters. The number of carbonyl (C=O) groups is 1. The van der Waals surface area contributed by atoms with Crippen molar-refractivity contribution < 1.29 is 28.2 Å². The molecule has 6 heteroatoms. The van der Waals surface area contributed by atoms with Crippen LogP contribution >= 0.6 is 0 Å². The van der Waals surface area contributed by atoms with Crippen molar-refractivity contribution in [2.75, 3.05) is 13.2 Å². The van der Waals surface area contributed by atoms with Crippen LogP contribution in [0.15, 0.2) is 12.1 Å². The van der Waals surface area contributed by atoms with Gasteiger partial charge in [-0.05, 0) is 18.6 Å². The number of carboxylic acid groups (broad SMARTS) is 1. The third-order valence-electron chi connectivity index (χ3n) is 3.21. The van der Waals surface area contributed by atoms with Gasteiger partial charge in [-0.2, -0.15) is 0 Å². The van der Waals surface area contributed by atoms with E-state index in [4.69, 9.17) is 14.6 Å². The minimum Gasteiger partial charge on any atom is -0.477 e. The van der Waals surface area contributed by atoms with Crippen LogP contribution in [0.1, 0.15) is 42.0 Å². The molecule has 0 bridgehead atoms. The molecule has 1 saturated heterocycles. The lowest BCUT2D eigenvalue weighted by Crippen LogP contribution is -2.27. The van der Waals surface area contributed by atoms with Gasteiger partial charge in [0.25, 0.3) is 0 Å². The fourth-order valence-corrected chi connectivity index (χ4v) is 2.24. The van der Waals surface area contributed by atoms with Crippen molar-refractivity contribution in [2.24, 2.45) is 5.92 Å². The molecule has 1 aromatic rings. The lowest BCUT2D eigenvalue weighted by Gasteiger charge is -2.29. The third kappa shape index (κ3) is 3.13. The largest absolute Gasteiger partial charge is 0.477 e. The van der Waals surface area contributed by atoms with Crippen LogP contribution in [-0.2, 0) is 9.47 Å². The number of halogens is 2. The van der Waals surface area contributed by atoms with Gasteiger partial charge >= 0.3 is 5.97 Å². The van der Waals surface area contributed by atoms with Crippen LogP contribution in [0.5, 0.6) is 0 Å². The zero-order valence-electron chi connectivity index (χ0n) is 11.1. The minimum absolute atomic E-state index is 0.153. The zero-order chi connectivity index (χ0) is 14.7. The standard InChI is InChI=1S/C14H16F2O4/c1-2-3-8-6-19-14(20-7-8)9-4-10(15)12(13(17)18)11(16)5-9/h4-5,8,14H,2-3,6-7H2,1H3,(H,17,18). The van der Waals surface area contributed by atoms with E-state index in [0.717, 1.165) is 25.0 Å². The van der Waals surface area contributed by atoms with E-state index in [9.17, 15) is 13.6 Å². The second-order valence-corrected chi connectivity index (χ2v) is 4.82. The summed E-state index contributed by atoms with van der Waals surface area (Å²) in [6, 6.07) is 1.88. The van der Waals surface area contributed by atoms with Gasteiger partial charge in [-0.3, -0.25) is 0 Å². The summed E-state index contributed by atoms with van der Waals surface area (Å²) >= 11 is 0. The monoisotopic (exact) mass is 286 g/mol. The molecule has 1 aromatic carbocycles. The van der Waals surface area contributed by atoms with Gasteiger partial charge < -0.3 is 14.6 Å². The molecule has 1 aliphatic heterocycles. The molecule has 1 N–H and O–H groups in total. The molecule has 4 nitrogen and oxygen atoms in total. The number of benzene rings is 1. The highest BCUT2D eigenvalue weighted by Crippen LogP contribution is 2.29. The van der Waals surface area contributed by atoms with Crippen LogP contribution in [0, 0.1) is 17.6 Å². The number of hydrogen-bond donors (Lipinski definition) is 1. The van der Waals surface area contributed by atoms with E-state index < -0.39 is 29.5 Å².